The van der Waals surface area contributed by atoms with Gasteiger partial charge in [-0.3, -0.25) is 17.2 Å². The maximum Gasteiger partial charge on any atom is 0.169 e. The van der Waals surface area contributed by atoms with Gasteiger partial charge in [0.05, 0.1) is 22.9 Å². The first-order valence-electron chi connectivity index (χ1n) is 13.1. The van der Waals surface area contributed by atoms with Crippen LogP contribution in [0.1, 0.15) is 107 Å². The molecule has 41 heavy (non-hydrogen) atoms. The average molecular weight is 725 g/mol. The Balaban J connectivity index is 0.000000192. The molecule has 0 aliphatic heterocycles. The van der Waals surface area contributed by atoms with Gasteiger partial charge < -0.3 is 0 Å². The number of hydrogen-bond donors (Lipinski definition) is 0. The summed E-state index contributed by atoms with van der Waals surface area (Å²) in [7, 11) is 0. The minimum Gasteiger partial charge on any atom is -0.294 e. The van der Waals surface area contributed by atoms with Crippen LogP contribution in [0.25, 0.3) is 0 Å². The zero-order chi connectivity index (χ0) is 28.0. The number of aromatic nitrogens is 2. The summed E-state index contributed by atoms with van der Waals surface area (Å²) in [5.41, 5.74) is 2.80. The first kappa shape index (κ1) is 35.2. The molecule has 0 bridgehead atoms. The van der Waals surface area contributed by atoms with Crippen molar-refractivity contribution in [3.63, 3.8) is 0 Å². The highest BCUT2D eigenvalue weighted by Gasteiger charge is 2.34. The minimum absolute atomic E-state index is 0. The molecule has 4 aromatic rings. The summed E-state index contributed by atoms with van der Waals surface area (Å²) in [6, 6.07) is 5.86. The van der Waals surface area contributed by atoms with Crippen LogP contribution in [-0.2, 0) is 19.3 Å². The molecule has 0 saturated carbocycles. The second-order valence-corrected chi connectivity index (χ2v) is 14.6. The van der Waals surface area contributed by atoms with Crippen LogP contribution in [0.5, 0.6) is 0 Å². The predicted octanol–water partition coefficient (Wildman–Crippen LogP) is 10.0. The summed E-state index contributed by atoms with van der Waals surface area (Å²) in [6.07, 6.45) is 12.5. The van der Waals surface area contributed by atoms with Crippen LogP contribution in [-0.4, -0.2) is 25.1 Å². The second-order valence-electron chi connectivity index (χ2n) is 10.5. The van der Waals surface area contributed by atoms with Gasteiger partial charge in [-0.2, -0.15) is 0 Å². The standard InChI is InChI=1S/C10H12OS.C9H10OS.C8H8OS.C3H3IN2.2CH4/c1-10(2)5-3-8-7(9(10)11)4-6-12-8;1-6-2-3-8-7(9(6)10)4-5-11-8;9-7-2-1-3-8-6(7)4-5-10-8;4-6-2-1-5-3-6;;/h4,6H,3,5H2,1-2H3;4-6H,2-3H2,1H3;4-5H,1-3H2;1-3H;2*1H4. The van der Waals surface area contributed by atoms with Gasteiger partial charge >= 0.3 is 0 Å². The molecule has 0 amide bonds. The molecule has 0 saturated heterocycles. The second kappa shape index (κ2) is 16.0. The molecule has 4 heterocycles. The van der Waals surface area contributed by atoms with Gasteiger partial charge in [-0.05, 0) is 72.9 Å². The lowest BCUT2D eigenvalue weighted by atomic mass is 9.76. The lowest BCUT2D eigenvalue weighted by Crippen LogP contribution is -2.29. The Morgan fingerprint density at radius 3 is 2.00 bits per heavy atom. The molecular weight excluding hydrogens is 683 g/mol. The molecule has 1 unspecified atom stereocenters. The van der Waals surface area contributed by atoms with E-state index in [0.717, 1.165) is 61.6 Å². The summed E-state index contributed by atoms with van der Waals surface area (Å²) in [4.78, 5) is 42.1. The third-order valence-electron chi connectivity index (χ3n) is 7.17. The van der Waals surface area contributed by atoms with Gasteiger partial charge in [0.15, 0.2) is 17.3 Å². The molecule has 4 aromatic heterocycles. The highest BCUT2D eigenvalue weighted by atomic mass is 127. The van der Waals surface area contributed by atoms with Crippen LogP contribution in [0.3, 0.4) is 0 Å². The normalized spacial score (nSPS) is 17.8. The van der Waals surface area contributed by atoms with E-state index in [2.05, 4.69) is 27.8 Å². The number of aryl methyl sites for hydroxylation is 3. The third-order valence-corrected chi connectivity index (χ3v) is 10.7. The smallest absolute Gasteiger partial charge is 0.169 e. The van der Waals surface area contributed by atoms with Crippen LogP contribution in [0.15, 0.2) is 53.1 Å². The van der Waals surface area contributed by atoms with Crippen molar-refractivity contribution in [3.05, 3.63) is 84.4 Å². The monoisotopic (exact) mass is 724 g/mol. The Kier molecular flexibility index (Phi) is 13.8. The van der Waals surface area contributed by atoms with E-state index in [1.165, 1.54) is 14.6 Å². The van der Waals surface area contributed by atoms with E-state index in [-0.39, 0.29) is 26.2 Å². The number of Topliss-reactive ketones (excluding diaryl/α,β-unsaturated/α-hetero) is 3. The molecule has 0 spiro atoms. The molecule has 1 atom stereocenters. The fraction of sp³-hybridized carbons (Fsp3) is 0.438. The fourth-order valence-corrected chi connectivity index (χ4v) is 7.71. The van der Waals surface area contributed by atoms with Gasteiger partial charge in [-0.15, -0.1) is 34.0 Å². The van der Waals surface area contributed by atoms with Gasteiger partial charge in [0, 0.05) is 61.5 Å². The Bertz CT molecular complexity index is 1420. The Hall–Kier alpha value is -1.95. The fourth-order valence-electron chi connectivity index (χ4n) is 4.71. The maximum absolute atomic E-state index is 11.8. The highest BCUT2D eigenvalue weighted by molar-refractivity contribution is 14.1. The number of halogens is 1. The molecule has 0 fully saturated rings. The summed E-state index contributed by atoms with van der Waals surface area (Å²) >= 11 is 7.26. The molecule has 222 valence electrons. The number of rotatable bonds is 0. The number of ketones is 3. The van der Waals surface area contributed by atoms with Crippen molar-refractivity contribution in [1.29, 1.82) is 0 Å². The predicted molar refractivity (Wildman–Crippen MR) is 184 cm³/mol. The van der Waals surface area contributed by atoms with Gasteiger partial charge in [0.2, 0.25) is 0 Å². The van der Waals surface area contributed by atoms with E-state index >= 15 is 0 Å². The SMILES string of the molecule is C.C.CC1(C)CCc2sccc2C1=O.CC1CCc2sccc2C1=O.In1ccnc1.O=C1CCCc2sccc21. The molecule has 9 heteroatoms. The zero-order valence-electron chi connectivity index (χ0n) is 22.4. The third kappa shape index (κ3) is 9.02. The first-order chi connectivity index (χ1) is 18.7. The van der Waals surface area contributed by atoms with Gasteiger partial charge in [-0.1, -0.05) is 35.6 Å². The van der Waals surface area contributed by atoms with Crippen molar-refractivity contribution >= 4 is 74.2 Å². The lowest BCUT2D eigenvalue weighted by molar-refractivity contribution is 0.0812. The topological polar surface area (TPSA) is 69.0 Å². The number of nitrogens with zero attached hydrogens (tertiary/aromatic N) is 2. The van der Waals surface area contributed by atoms with E-state index in [4.69, 9.17) is 0 Å². The largest absolute Gasteiger partial charge is 0.294 e. The molecule has 5 nitrogen and oxygen atoms in total. The summed E-state index contributed by atoms with van der Waals surface area (Å²) in [5, 5.41) is 6.04. The molecule has 0 aromatic carbocycles. The number of fused-ring (bicyclic) bond motifs is 3. The summed E-state index contributed by atoms with van der Waals surface area (Å²) in [5.74, 6) is 1.25. The van der Waals surface area contributed by atoms with E-state index < -0.39 is 0 Å². The average Bonchev–Trinajstić information content (AvgIpc) is 3.73. The lowest BCUT2D eigenvalue weighted by Gasteiger charge is -2.27. The maximum atomic E-state index is 11.8. The molecule has 3 aliphatic rings. The van der Waals surface area contributed by atoms with E-state index in [1.54, 1.807) is 46.5 Å². The molecule has 3 aliphatic carbocycles. The van der Waals surface area contributed by atoms with E-state index in [0.29, 0.717) is 17.3 Å². The van der Waals surface area contributed by atoms with Gasteiger partial charge in [0.1, 0.15) is 6.33 Å². The van der Waals surface area contributed by atoms with Gasteiger partial charge in [0.25, 0.3) is 0 Å². The number of thiophene rings is 3. The van der Waals surface area contributed by atoms with Crippen LogP contribution in [0.2, 0.25) is 0 Å². The summed E-state index contributed by atoms with van der Waals surface area (Å²) < 4.78 is 1.86. The van der Waals surface area contributed by atoms with Crippen LogP contribution in [0, 0.1) is 11.3 Å². The molecular formula is C32H41IN2O3S3. The van der Waals surface area contributed by atoms with Crippen LogP contribution < -0.4 is 0 Å². The number of carbonyl (C=O) groups is 3. The van der Waals surface area contributed by atoms with E-state index in [1.807, 2.05) is 64.1 Å². The Morgan fingerprint density at radius 1 is 0.854 bits per heavy atom. The van der Waals surface area contributed by atoms with Gasteiger partial charge in [-0.25, -0.2) is 4.98 Å². The van der Waals surface area contributed by atoms with Crippen molar-refractivity contribution in [3.8, 4) is 0 Å². The number of imidazole rings is 1. The quantitative estimate of drug-likeness (QED) is 0.169. The van der Waals surface area contributed by atoms with Crippen molar-refractivity contribution in [2.45, 2.75) is 80.6 Å². The summed E-state index contributed by atoms with van der Waals surface area (Å²) in [6.45, 7) is 6.09. The molecule has 0 N–H and O–H groups in total. The van der Waals surface area contributed by atoms with Crippen LogP contribution in [0.4, 0.5) is 0 Å². The molecule has 0 radical (unpaired) electrons. The zero-order valence-corrected chi connectivity index (χ0v) is 27.1. The van der Waals surface area contributed by atoms with Crippen molar-refractivity contribution in [2.24, 2.45) is 11.3 Å². The minimum atomic E-state index is -0.131. The Morgan fingerprint density at radius 2 is 1.44 bits per heavy atom. The number of carbonyl (C=O) groups excluding carboxylic acids is 3. The van der Waals surface area contributed by atoms with Crippen molar-refractivity contribution in [2.75, 3.05) is 0 Å². The van der Waals surface area contributed by atoms with Crippen molar-refractivity contribution in [1.82, 2.24) is 7.76 Å². The Labute approximate surface area is 270 Å². The van der Waals surface area contributed by atoms with E-state index in [9.17, 15) is 14.4 Å². The highest BCUT2D eigenvalue weighted by Crippen LogP contribution is 2.36. The first-order valence-corrected chi connectivity index (χ1v) is 16.7. The van der Waals surface area contributed by atoms with Crippen molar-refractivity contribution < 1.29 is 14.4 Å². The number of hydrogen-bond acceptors (Lipinski definition) is 7. The molecule has 7 rings (SSSR count). The van der Waals surface area contributed by atoms with Crippen LogP contribution >= 0.6 is 56.9 Å².